The van der Waals surface area contributed by atoms with Crippen molar-refractivity contribution in [3.8, 4) is 0 Å². The molecule has 2 nitrogen and oxygen atoms in total. The summed E-state index contributed by atoms with van der Waals surface area (Å²) in [5.74, 6) is 2.66. The van der Waals surface area contributed by atoms with Crippen molar-refractivity contribution in [3.63, 3.8) is 0 Å². The third-order valence-corrected chi connectivity index (χ3v) is 8.46. The van der Waals surface area contributed by atoms with E-state index < -0.39 is 0 Å². The lowest BCUT2D eigenvalue weighted by Gasteiger charge is -2.61. The Hall–Kier alpha value is -0.0800. The van der Waals surface area contributed by atoms with Crippen LogP contribution < -0.4 is 0 Å². The molecule has 0 amide bonds. The SMILES string of the molecule is C[C@]12CCCC[C@H]1CC[C@@H]1[C@@H]2[C@H](O)C[C@]2(C)[C@@H](O)CC[C@@H]12. The topological polar surface area (TPSA) is 40.5 Å². The monoisotopic (exact) mass is 292 g/mol. The molecule has 4 saturated carbocycles. The van der Waals surface area contributed by atoms with Gasteiger partial charge < -0.3 is 10.2 Å². The Kier molecular flexibility index (Phi) is 3.25. The molecule has 120 valence electrons. The van der Waals surface area contributed by atoms with Gasteiger partial charge in [0.25, 0.3) is 0 Å². The van der Waals surface area contributed by atoms with Crippen LogP contribution >= 0.6 is 0 Å². The first-order chi connectivity index (χ1) is 9.97. The Morgan fingerprint density at radius 3 is 2.48 bits per heavy atom. The fourth-order valence-electron chi connectivity index (χ4n) is 7.39. The molecule has 4 aliphatic rings. The highest BCUT2D eigenvalue weighted by molar-refractivity contribution is 5.11. The van der Waals surface area contributed by atoms with Gasteiger partial charge in [0.05, 0.1) is 12.2 Å². The van der Waals surface area contributed by atoms with Crippen LogP contribution in [0.3, 0.4) is 0 Å². The van der Waals surface area contributed by atoms with Gasteiger partial charge in [-0.2, -0.15) is 0 Å². The van der Waals surface area contributed by atoms with Gasteiger partial charge in [0, 0.05) is 0 Å². The molecule has 4 fully saturated rings. The van der Waals surface area contributed by atoms with E-state index in [2.05, 4.69) is 13.8 Å². The first kappa shape index (κ1) is 14.5. The Morgan fingerprint density at radius 2 is 1.67 bits per heavy atom. The van der Waals surface area contributed by atoms with Crippen LogP contribution in [0.1, 0.15) is 71.6 Å². The van der Waals surface area contributed by atoms with E-state index in [1.165, 1.54) is 44.9 Å². The van der Waals surface area contributed by atoms with E-state index >= 15 is 0 Å². The summed E-state index contributed by atoms with van der Waals surface area (Å²) in [4.78, 5) is 0. The van der Waals surface area contributed by atoms with Gasteiger partial charge >= 0.3 is 0 Å². The summed E-state index contributed by atoms with van der Waals surface area (Å²) in [6.07, 6.45) is 10.7. The minimum atomic E-state index is -0.185. The van der Waals surface area contributed by atoms with E-state index in [0.717, 1.165) is 18.8 Å². The first-order valence-electron chi connectivity index (χ1n) is 9.33. The van der Waals surface area contributed by atoms with Crippen molar-refractivity contribution in [3.05, 3.63) is 0 Å². The highest BCUT2D eigenvalue weighted by Crippen LogP contribution is 2.66. The first-order valence-corrected chi connectivity index (χ1v) is 9.33. The van der Waals surface area contributed by atoms with E-state index in [0.29, 0.717) is 23.2 Å². The molecule has 0 aromatic rings. The quantitative estimate of drug-likeness (QED) is 0.714. The molecule has 4 aliphatic carbocycles. The maximum Gasteiger partial charge on any atom is 0.0597 e. The summed E-state index contributed by atoms with van der Waals surface area (Å²) in [5, 5.41) is 21.5. The van der Waals surface area contributed by atoms with Crippen molar-refractivity contribution < 1.29 is 10.2 Å². The Labute approximate surface area is 129 Å². The van der Waals surface area contributed by atoms with Crippen molar-refractivity contribution in [2.24, 2.45) is 34.5 Å². The third-order valence-electron chi connectivity index (χ3n) is 8.46. The summed E-state index contributed by atoms with van der Waals surface area (Å²) in [6, 6.07) is 0. The molecule has 0 aromatic heterocycles. The number of fused-ring (bicyclic) bond motifs is 5. The van der Waals surface area contributed by atoms with Gasteiger partial charge in [0.2, 0.25) is 0 Å². The van der Waals surface area contributed by atoms with Crippen LogP contribution in [0, 0.1) is 34.5 Å². The molecule has 0 spiro atoms. The van der Waals surface area contributed by atoms with Gasteiger partial charge in [0.15, 0.2) is 0 Å². The predicted molar refractivity (Wildman–Crippen MR) is 83.7 cm³/mol. The number of hydrogen-bond acceptors (Lipinski definition) is 2. The predicted octanol–water partition coefficient (Wildman–Crippen LogP) is 3.75. The Balaban J connectivity index is 1.70. The second-order valence-corrected chi connectivity index (χ2v) is 9.19. The molecule has 4 rings (SSSR count). The summed E-state index contributed by atoms with van der Waals surface area (Å²) in [7, 11) is 0. The van der Waals surface area contributed by atoms with Gasteiger partial charge in [0.1, 0.15) is 0 Å². The van der Waals surface area contributed by atoms with Gasteiger partial charge in [-0.15, -0.1) is 0 Å². The smallest absolute Gasteiger partial charge is 0.0597 e. The van der Waals surface area contributed by atoms with E-state index in [4.69, 9.17) is 0 Å². The van der Waals surface area contributed by atoms with Crippen molar-refractivity contribution in [2.45, 2.75) is 83.8 Å². The van der Waals surface area contributed by atoms with E-state index in [9.17, 15) is 10.2 Å². The number of rotatable bonds is 0. The number of hydrogen-bond donors (Lipinski definition) is 2. The molecule has 0 saturated heterocycles. The van der Waals surface area contributed by atoms with Gasteiger partial charge in [-0.3, -0.25) is 0 Å². The van der Waals surface area contributed by atoms with Crippen LogP contribution in [0.2, 0.25) is 0 Å². The van der Waals surface area contributed by atoms with Gasteiger partial charge in [-0.05, 0) is 79.4 Å². The zero-order chi connectivity index (χ0) is 14.8. The molecule has 0 unspecified atom stereocenters. The molecule has 0 heterocycles. The molecule has 0 aliphatic heterocycles. The second-order valence-electron chi connectivity index (χ2n) is 9.19. The van der Waals surface area contributed by atoms with E-state index in [1.54, 1.807) is 0 Å². The molecule has 0 bridgehead atoms. The molecule has 2 heteroatoms. The molecule has 8 atom stereocenters. The summed E-state index contributed by atoms with van der Waals surface area (Å²) >= 11 is 0. The highest BCUT2D eigenvalue weighted by Gasteiger charge is 2.62. The average molecular weight is 292 g/mol. The van der Waals surface area contributed by atoms with E-state index in [-0.39, 0.29) is 17.6 Å². The van der Waals surface area contributed by atoms with Crippen molar-refractivity contribution in [2.75, 3.05) is 0 Å². The zero-order valence-electron chi connectivity index (χ0n) is 13.7. The minimum Gasteiger partial charge on any atom is -0.393 e. The summed E-state index contributed by atoms with van der Waals surface area (Å²) in [5.41, 5.74) is 0.355. The lowest BCUT2D eigenvalue weighted by atomic mass is 9.44. The highest BCUT2D eigenvalue weighted by atomic mass is 16.3. The van der Waals surface area contributed by atoms with Crippen molar-refractivity contribution in [1.29, 1.82) is 0 Å². The minimum absolute atomic E-state index is 0.0154. The molecule has 0 radical (unpaired) electrons. The maximum absolute atomic E-state index is 11.0. The number of aliphatic hydroxyl groups excluding tert-OH is 2. The zero-order valence-corrected chi connectivity index (χ0v) is 13.7. The fourth-order valence-corrected chi connectivity index (χ4v) is 7.39. The largest absolute Gasteiger partial charge is 0.393 e. The van der Waals surface area contributed by atoms with Crippen LogP contribution in [0.25, 0.3) is 0 Å². The second kappa shape index (κ2) is 4.71. The standard InChI is InChI=1S/C19H32O2/c1-18-10-4-3-5-12(18)6-7-13-14-8-9-16(21)19(14,2)11-15(20)17(13)18/h12-17,20-21H,3-11H2,1-2H3/t12-,13-,14-,15+,16-,17+,18-,19-/m0/s1. The summed E-state index contributed by atoms with van der Waals surface area (Å²) < 4.78 is 0. The molecule has 2 N–H and O–H groups in total. The van der Waals surface area contributed by atoms with Crippen LogP contribution in [-0.2, 0) is 0 Å². The van der Waals surface area contributed by atoms with Crippen LogP contribution in [-0.4, -0.2) is 22.4 Å². The molecular weight excluding hydrogens is 260 g/mol. The van der Waals surface area contributed by atoms with E-state index in [1.807, 2.05) is 0 Å². The molecule has 21 heavy (non-hydrogen) atoms. The lowest BCUT2D eigenvalue weighted by Crippen LogP contribution is -2.58. The Bertz CT molecular complexity index is 422. The van der Waals surface area contributed by atoms with Gasteiger partial charge in [-0.1, -0.05) is 26.7 Å². The van der Waals surface area contributed by atoms with Crippen LogP contribution in [0.5, 0.6) is 0 Å². The third kappa shape index (κ3) is 1.84. The summed E-state index contributed by atoms with van der Waals surface area (Å²) in [6.45, 7) is 4.75. The molecular formula is C19H32O2. The van der Waals surface area contributed by atoms with Crippen LogP contribution in [0.15, 0.2) is 0 Å². The average Bonchev–Trinajstić information content (AvgIpc) is 2.73. The van der Waals surface area contributed by atoms with Crippen molar-refractivity contribution in [1.82, 2.24) is 0 Å². The normalized spacial score (nSPS) is 60.0. The van der Waals surface area contributed by atoms with Gasteiger partial charge in [-0.25, -0.2) is 0 Å². The maximum atomic E-state index is 11.0. The fraction of sp³-hybridized carbons (Fsp3) is 1.00. The molecule has 0 aromatic carbocycles. The number of aliphatic hydroxyl groups is 2. The van der Waals surface area contributed by atoms with Crippen molar-refractivity contribution >= 4 is 0 Å². The van der Waals surface area contributed by atoms with Crippen LogP contribution in [0.4, 0.5) is 0 Å². The lowest BCUT2D eigenvalue weighted by molar-refractivity contribution is -0.175. The Morgan fingerprint density at radius 1 is 0.857 bits per heavy atom.